The van der Waals surface area contributed by atoms with Crippen molar-refractivity contribution in [2.45, 2.75) is 25.8 Å². The standard InChI is InChI=1S/C19H23N3O2/c1-20-19(23)22(24)17-10-11-18-16(13-17)9-5-6-12-21(18)14-15-7-3-2-4-8-15/h2-4,7-8,10-11,13,24H,5-6,9,12,14H2,1H3,(H,20,23). The van der Waals surface area contributed by atoms with E-state index in [0.717, 1.165) is 32.4 Å². The lowest BCUT2D eigenvalue weighted by molar-refractivity contribution is 0.206. The number of hydrogen-bond acceptors (Lipinski definition) is 3. The summed E-state index contributed by atoms with van der Waals surface area (Å²) in [4.78, 5) is 14.0. The summed E-state index contributed by atoms with van der Waals surface area (Å²) in [5, 5.41) is 13.1. The molecule has 3 rings (SSSR count). The van der Waals surface area contributed by atoms with E-state index in [2.05, 4.69) is 34.5 Å². The molecule has 1 aliphatic heterocycles. The molecule has 2 amide bonds. The van der Waals surface area contributed by atoms with Gasteiger partial charge >= 0.3 is 6.03 Å². The lowest BCUT2D eigenvalue weighted by Gasteiger charge is -2.26. The third-order valence-electron chi connectivity index (χ3n) is 4.39. The third-order valence-corrected chi connectivity index (χ3v) is 4.39. The molecule has 0 radical (unpaired) electrons. The van der Waals surface area contributed by atoms with Crippen LogP contribution in [0.4, 0.5) is 16.2 Å². The van der Waals surface area contributed by atoms with Crippen molar-refractivity contribution in [3.63, 3.8) is 0 Å². The highest BCUT2D eigenvalue weighted by Crippen LogP contribution is 2.31. The molecule has 0 saturated heterocycles. The fourth-order valence-corrected chi connectivity index (χ4v) is 3.14. The van der Waals surface area contributed by atoms with Gasteiger partial charge in [0, 0.05) is 25.8 Å². The average molecular weight is 325 g/mol. The first kappa shape index (κ1) is 16.3. The van der Waals surface area contributed by atoms with Gasteiger partial charge in [-0.15, -0.1) is 0 Å². The molecule has 24 heavy (non-hydrogen) atoms. The molecule has 0 fully saturated rings. The molecule has 0 aliphatic carbocycles. The number of nitrogens with one attached hydrogen (secondary N) is 1. The zero-order valence-corrected chi connectivity index (χ0v) is 13.9. The van der Waals surface area contributed by atoms with Gasteiger partial charge in [-0.3, -0.25) is 5.21 Å². The number of hydroxylamine groups is 1. The van der Waals surface area contributed by atoms with Gasteiger partial charge in [-0.1, -0.05) is 30.3 Å². The highest BCUT2D eigenvalue weighted by atomic mass is 16.5. The molecular formula is C19H23N3O2. The summed E-state index contributed by atoms with van der Waals surface area (Å²) in [6.45, 7) is 1.88. The van der Waals surface area contributed by atoms with E-state index in [-0.39, 0.29) is 0 Å². The van der Waals surface area contributed by atoms with Gasteiger partial charge in [0.2, 0.25) is 0 Å². The summed E-state index contributed by atoms with van der Waals surface area (Å²) in [5.41, 5.74) is 4.13. The fourth-order valence-electron chi connectivity index (χ4n) is 3.14. The van der Waals surface area contributed by atoms with E-state index >= 15 is 0 Å². The van der Waals surface area contributed by atoms with E-state index in [1.54, 1.807) is 6.07 Å². The average Bonchev–Trinajstić information content (AvgIpc) is 2.83. The summed E-state index contributed by atoms with van der Waals surface area (Å²) < 4.78 is 0. The van der Waals surface area contributed by atoms with Crippen LogP contribution in [0.2, 0.25) is 0 Å². The van der Waals surface area contributed by atoms with E-state index in [1.165, 1.54) is 23.9 Å². The van der Waals surface area contributed by atoms with Crippen LogP contribution in [-0.4, -0.2) is 24.8 Å². The predicted molar refractivity (Wildman–Crippen MR) is 95.6 cm³/mol. The van der Waals surface area contributed by atoms with E-state index < -0.39 is 6.03 Å². The molecule has 0 bridgehead atoms. The topological polar surface area (TPSA) is 55.8 Å². The lowest BCUT2D eigenvalue weighted by Crippen LogP contribution is -2.35. The maximum atomic E-state index is 11.6. The molecule has 126 valence electrons. The normalized spacial score (nSPS) is 13.8. The first-order valence-electron chi connectivity index (χ1n) is 8.31. The minimum absolute atomic E-state index is 0.495. The second-order valence-electron chi connectivity index (χ2n) is 6.04. The van der Waals surface area contributed by atoms with Crippen molar-refractivity contribution in [3.8, 4) is 0 Å². The van der Waals surface area contributed by atoms with Crippen molar-refractivity contribution in [2.24, 2.45) is 0 Å². The summed E-state index contributed by atoms with van der Waals surface area (Å²) >= 11 is 0. The SMILES string of the molecule is CNC(=O)N(O)c1ccc2c(c1)CCCCN2Cc1ccccc1. The molecule has 2 N–H and O–H groups in total. The Morgan fingerprint density at radius 2 is 2.00 bits per heavy atom. The van der Waals surface area contributed by atoms with Gasteiger partial charge in [-0.25, -0.2) is 4.79 Å². The number of fused-ring (bicyclic) bond motifs is 1. The number of rotatable bonds is 3. The number of anilines is 2. The van der Waals surface area contributed by atoms with Gasteiger partial charge in [-0.2, -0.15) is 5.06 Å². The molecule has 0 unspecified atom stereocenters. The van der Waals surface area contributed by atoms with Crippen LogP contribution in [-0.2, 0) is 13.0 Å². The molecular weight excluding hydrogens is 302 g/mol. The molecule has 1 heterocycles. The first-order valence-corrected chi connectivity index (χ1v) is 8.31. The number of carbonyl (C=O) groups excluding carboxylic acids is 1. The van der Waals surface area contributed by atoms with Crippen LogP contribution in [0.3, 0.4) is 0 Å². The second kappa shape index (κ2) is 7.36. The van der Waals surface area contributed by atoms with Crippen molar-refractivity contribution in [1.29, 1.82) is 0 Å². The number of amides is 2. The van der Waals surface area contributed by atoms with Crippen LogP contribution >= 0.6 is 0 Å². The van der Waals surface area contributed by atoms with Crippen LogP contribution in [0, 0.1) is 0 Å². The Kier molecular flexibility index (Phi) is 5.01. The van der Waals surface area contributed by atoms with Gasteiger partial charge in [0.15, 0.2) is 0 Å². The summed E-state index contributed by atoms with van der Waals surface area (Å²) in [6.07, 6.45) is 3.19. The highest BCUT2D eigenvalue weighted by molar-refractivity contribution is 5.89. The molecule has 2 aromatic rings. The zero-order chi connectivity index (χ0) is 16.9. The quantitative estimate of drug-likeness (QED) is 0.670. The number of benzene rings is 2. The number of aryl methyl sites for hydroxylation is 1. The minimum atomic E-state index is -0.537. The molecule has 0 saturated carbocycles. The maximum Gasteiger partial charge on any atom is 0.345 e. The van der Waals surface area contributed by atoms with Crippen LogP contribution in [0.1, 0.15) is 24.0 Å². The zero-order valence-electron chi connectivity index (χ0n) is 13.9. The maximum absolute atomic E-state index is 11.6. The van der Waals surface area contributed by atoms with E-state index in [9.17, 15) is 10.0 Å². The van der Waals surface area contributed by atoms with Crippen LogP contribution in [0.25, 0.3) is 0 Å². The number of carbonyl (C=O) groups is 1. The van der Waals surface area contributed by atoms with Gasteiger partial charge in [0.25, 0.3) is 0 Å². The van der Waals surface area contributed by atoms with E-state index in [1.807, 2.05) is 18.2 Å². The Hall–Kier alpha value is -2.53. The third kappa shape index (κ3) is 3.51. The molecule has 0 atom stereocenters. The monoisotopic (exact) mass is 325 g/mol. The number of hydrogen-bond donors (Lipinski definition) is 2. The smallest absolute Gasteiger partial charge is 0.345 e. The first-order chi connectivity index (χ1) is 11.7. The van der Waals surface area contributed by atoms with Crippen LogP contribution < -0.4 is 15.3 Å². The molecule has 1 aliphatic rings. The fraction of sp³-hybridized carbons (Fsp3) is 0.316. The Morgan fingerprint density at radius 1 is 1.21 bits per heavy atom. The van der Waals surface area contributed by atoms with Crippen molar-refractivity contribution >= 4 is 17.4 Å². The summed E-state index contributed by atoms with van der Waals surface area (Å²) in [5.74, 6) is 0. The van der Waals surface area contributed by atoms with Crippen LogP contribution in [0.5, 0.6) is 0 Å². The van der Waals surface area contributed by atoms with Crippen molar-refractivity contribution in [1.82, 2.24) is 5.32 Å². The summed E-state index contributed by atoms with van der Waals surface area (Å²) in [7, 11) is 1.50. The number of urea groups is 1. The Morgan fingerprint density at radius 3 is 2.75 bits per heavy atom. The molecule has 2 aromatic carbocycles. The van der Waals surface area contributed by atoms with Gasteiger partial charge in [0.1, 0.15) is 0 Å². The van der Waals surface area contributed by atoms with Gasteiger partial charge in [0.05, 0.1) is 5.69 Å². The predicted octanol–water partition coefficient (Wildman–Crippen LogP) is 3.56. The van der Waals surface area contributed by atoms with Crippen LogP contribution in [0.15, 0.2) is 48.5 Å². The van der Waals surface area contributed by atoms with E-state index in [4.69, 9.17) is 0 Å². The van der Waals surface area contributed by atoms with Crippen molar-refractivity contribution < 1.29 is 10.0 Å². The Labute approximate surface area is 142 Å². The Bertz CT molecular complexity index is 703. The Balaban J connectivity index is 1.88. The molecule has 0 aromatic heterocycles. The molecule has 0 spiro atoms. The molecule has 5 nitrogen and oxygen atoms in total. The van der Waals surface area contributed by atoms with Gasteiger partial charge < -0.3 is 10.2 Å². The van der Waals surface area contributed by atoms with E-state index in [0.29, 0.717) is 10.8 Å². The second-order valence-corrected chi connectivity index (χ2v) is 6.04. The summed E-state index contributed by atoms with van der Waals surface area (Å²) in [6, 6.07) is 15.6. The highest BCUT2D eigenvalue weighted by Gasteiger charge is 2.18. The van der Waals surface area contributed by atoms with Gasteiger partial charge in [-0.05, 0) is 48.6 Å². The number of nitrogens with zero attached hydrogens (tertiary/aromatic N) is 2. The molecule has 5 heteroatoms. The van der Waals surface area contributed by atoms with Crippen molar-refractivity contribution in [2.75, 3.05) is 23.6 Å². The lowest BCUT2D eigenvalue weighted by atomic mass is 10.1. The van der Waals surface area contributed by atoms with Crippen molar-refractivity contribution in [3.05, 3.63) is 59.7 Å². The minimum Gasteiger partial charge on any atom is -0.367 e. The largest absolute Gasteiger partial charge is 0.367 e.